The van der Waals surface area contributed by atoms with Crippen LogP contribution in [-0.2, 0) is 6.42 Å². The van der Waals surface area contributed by atoms with Gasteiger partial charge in [-0.2, -0.15) is 5.10 Å². The van der Waals surface area contributed by atoms with E-state index in [9.17, 15) is 4.79 Å². The monoisotopic (exact) mass is 318 g/mol. The number of amides is 1. The summed E-state index contributed by atoms with van der Waals surface area (Å²) in [7, 11) is 0. The molecule has 0 aliphatic heterocycles. The van der Waals surface area contributed by atoms with Gasteiger partial charge < -0.3 is 0 Å². The summed E-state index contributed by atoms with van der Waals surface area (Å²) in [6.07, 6.45) is 5.67. The number of nitrogens with one attached hydrogen (secondary N) is 1. The van der Waals surface area contributed by atoms with Crippen LogP contribution in [0.4, 0.5) is 0 Å². The molecule has 3 rings (SSSR count). The Morgan fingerprint density at radius 2 is 2.23 bits per heavy atom. The Kier molecular flexibility index (Phi) is 3.92. The Balaban J connectivity index is 1.70. The number of hydrogen-bond donors (Lipinski definition) is 1. The van der Waals surface area contributed by atoms with E-state index in [0.717, 1.165) is 24.8 Å². The van der Waals surface area contributed by atoms with Crippen molar-refractivity contribution in [3.63, 3.8) is 0 Å². The molecule has 2 aliphatic rings. The minimum Gasteiger partial charge on any atom is -0.267 e. The lowest BCUT2D eigenvalue weighted by molar-refractivity contribution is 0.0954. The standard InChI is InChI=1S/C18H26N2OS/c1-5-6-14-9-12(11-22-14)16(21)20-19-15-10-13-7-8-18(15,4)17(13,2)3/h9,11,13H,5-8,10H2,1-4H3,(H,20,21). The Morgan fingerprint density at radius 1 is 1.45 bits per heavy atom. The molecule has 0 spiro atoms. The van der Waals surface area contributed by atoms with Crippen molar-refractivity contribution in [2.24, 2.45) is 21.8 Å². The maximum absolute atomic E-state index is 12.3. The van der Waals surface area contributed by atoms with Crippen molar-refractivity contribution in [2.75, 3.05) is 0 Å². The van der Waals surface area contributed by atoms with Gasteiger partial charge in [0, 0.05) is 21.4 Å². The molecule has 2 unspecified atom stereocenters. The fourth-order valence-electron chi connectivity index (χ4n) is 4.16. The summed E-state index contributed by atoms with van der Waals surface area (Å²) < 4.78 is 0. The predicted octanol–water partition coefficient (Wildman–Crippen LogP) is 4.63. The van der Waals surface area contributed by atoms with E-state index in [1.165, 1.54) is 23.4 Å². The predicted molar refractivity (Wildman–Crippen MR) is 92.4 cm³/mol. The Labute approximate surface area is 137 Å². The molecule has 2 bridgehead atoms. The maximum atomic E-state index is 12.3. The van der Waals surface area contributed by atoms with Gasteiger partial charge in [0.15, 0.2) is 0 Å². The van der Waals surface area contributed by atoms with Crippen molar-refractivity contribution in [3.8, 4) is 0 Å². The molecule has 2 fully saturated rings. The number of thiophene rings is 1. The highest BCUT2D eigenvalue weighted by Crippen LogP contribution is 2.63. The maximum Gasteiger partial charge on any atom is 0.272 e. The summed E-state index contributed by atoms with van der Waals surface area (Å²) in [5.74, 6) is 0.640. The van der Waals surface area contributed by atoms with Crippen LogP contribution in [-0.4, -0.2) is 11.6 Å². The van der Waals surface area contributed by atoms with Crippen LogP contribution in [0.5, 0.6) is 0 Å². The number of hydrogen-bond acceptors (Lipinski definition) is 3. The van der Waals surface area contributed by atoms with Gasteiger partial charge >= 0.3 is 0 Å². The normalized spacial score (nSPS) is 30.9. The highest BCUT2D eigenvalue weighted by atomic mass is 32.1. The molecule has 2 saturated carbocycles. The third kappa shape index (κ3) is 2.32. The first kappa shape index (κ1) is 15.7. The van der Waals surface area contributed by atoms with Gasteiger partial charge in [0.25, 0.3) is 5.91 Å². The first-order chi connectivity index (χ1) is 10.4. The highest BCUT2D eigenvalue weighted by molar-refractivity contribution is 7.10. The topological polar surface area (TPSA) is 41.5 Å². The molecule has 1 heterocycles. The number of fused-ring (bicyclic) bond motifs is 2. The van der Waals surface area contributed by atoms with Crippen molar-refractivity contribution in [1.29, 1.82) is 0 Å². The van der Waals surface area contributed by atoms with Gasteiger partial charge in [-0.3, -0.25) is 4.79 Å². The lowest BCUT2D eigenvalue weighted by Gasteiger charge is -2.34. The van der Waals surface area contributed by atoms with Crippen molar-refractivity contribution in [1.82, 2.24) is 5.43 Å². The zero-order chi connectivity index (χ0) is 16.0. The summed E-state index contributed by atoms with van der Waals surface area (Å²) in [5.41, 5.74) is 5.17. The van der Waals surface area contributed by atoms with E-state index in [2.05, 4.69) is 38.2 Å². The molecule has 0 radical (unpaired) electrons. The van der Waals surface area contributed by atoms with Crippen LogP contribution in [0, 0.1) is 16.7 Å². The van der Waals surface area contributed by atoms with Gasteiger partial charge in [0.1, 0.15) is 0 Å². The molecule has 2 aliphatic carbocycles. The van der Waals surface area contributed by atoms with E-state index in [1.54, 1.807) is 11.3 Å². The van der Waals surface area contributed by atoms with E-state index in [-0.39, 0.29) is 11.3 Å². The van der Waals surface area contributed by atoms with Crippen molar-refractivity contribution in [3.05, 3.63) is 21.9 Å². The van der Waals surface area contributed by atoms with Gasteiger partial charge in [-0.25, -0.2) is 5.43 Å². The van der Waals surface area contributed by atoms with E-state index in [0.29, 0.717) is 11.3 Å². The molecule has 0 aromatic carbocycles. The summed E-state index contributed by atoms with van der Waals surface area (Å²) in [6.45, 7) is 9.17. The minimum absolute atomic E-state index is 0.0738. The SMILES string of the molecule is CCCc1cc(C(=O)NN=C2CC3CCC2(C)C3(C)C)cs1. The third-order valence-corrected chi connectivity index (χ3v) is 7.21. The molecule has 22 heavy (non-hydrogen) atoms. The first-order valence-corrected chi connectivity index (χ1v) is 9.21. The third-order valence-electron chi connectivity index (χ3n) is 6.22. The average molecular weight is 318 g/mol. The van der Waals surface area contributed by atoms with E-state index >= 15 is 0 Å². The molecule has 1 amide bonds. The van der Waals surface area contributed by atoms with Crippen molar-refractivity contribution < 1.29 is 4.79 Å². The average Bonchev–Trinajstić information content (AvgIpc) is 3.07. The quantitative estimate of drug-likeness (QED) is 0.808. The number of nitrogens with zero attached hydrogens (tertiary/aromatic N) is 1. The Morgan fingerprint density at radius 3 is 2.82 bits per heavy atom. The molecule has 3 nitrogen and oxygen atoms in total. The number of rotatable bonds is 4. The molecule has 1 aromatic rings. The van der Waals surface area contributed by atoms with Crippen LogP contribution in [0.15, 0.2) is 16.5 Å². The van der Waals surface area contributed by atoms with Gasteiger partial charge in [0.2, 0.25) is 0 Å². The smallest absolute Gasteiger partial charge is 0.267 e. The van der Waals surface area contributed by atoms with Crippen LogP contribution in [0.25, 0.3) is 0 Å². The van der Waals surface area contributed by atoms with Crippen LogP contribution >= 0.6 is 11.3 Å². The summed E-state index contributed by atoms with van der Waals surface area (Å²) in [6, 6.07) is 2.00. The Hall–Kier alpha value is -1.16. The Bertz CT molecular complexity index is 616. The summed E-state index contributed by atoms with van der Waals surface area (Å²) in [5, 5.41) is 6.46. The molecule has 2 atom stereocenters. The second-order valence-electron chi connectivity index (χ2n) is 7.54. The fraction of sp³-hybridized carbons (Fsp3) is 0.667. The van der Waals surface area contributed by atoms with Crippen LogP contribution in [0.3, 0.4) is 0 Å². The van der Waals surface area contributed by atoms with Crippen molar-refractivity contribution in [2.45, 2.75) is 59.8 Å². The molecule has 1 N–H and O–H groups in total. The second-order valence-corrected chi connectivity index (χ2v) is 8.54. The fourth-order valence-corrected chi connectivity index (χ4v) is 5.13. The van der Waals surface area contributed by atoms with Gasteiger partial charge in [-0.05, 0) is 43.1 Å². The second kappa shape index (κ2) is 5.48. The van der Waals surface area contributed by atoms with Gasteiger partial charge in [0.05, 0.1) is 5.56 Å². The molecule has 0 saturated heterocycles. The molecule has 1 aromatic heterocycles. The lowest BCUT2D eigenvalue weighted by atomic mass is 9.70. The summed E-state index contributed by atoms with van der Waals surface area (Å²) in [4.78, 5) is 13.6. The van der Waals surface area contributed by atoms with Gasteiger partial charge in [-0.15, -0.1) is 11.3 Å². The highest BCUT2D eigenvalue weighted by Gasteiger charge is 2.59. The van der Waals surface area contributed by atoms with E-state index in [4.69, 9.17) is 0 Å². The molecule has 4 heteroatoms. The lowest BCUT2D eigenvalue weighted by Crippen LogP contribution is -2.34. The number of carbonyl (C=O) groups excluding carboxylic acids is 1. The van der Waals surface area contributed by atoms with Crippen LogP contribution in [0.2, 0.25) is 0 Å². The number of hydrazone groups is 1. The number of aryl methyl sites for hydroxylation is 1. The van der Waals surface area contributed by atoms with E-state index in [1.807, 2.05) is 11.4 Å². The molecular weight excluding hydrogens is 292 g/mol. The van der Waals surface area contributed by atoms with Crippen LogP contribution < -0.4 is 5.43 Å². The minimum atomic E-state index is -0.0738. The zero-order valence-corrected chi connectivity index (χ0v) is 14.8. The van der Waals surface area contributed by atoms with Crippen LogP contribution in [0.1, 0.15) is 68.6 Å². The zero-order valence-electron chi connectivity index (χ0n) is 14.0. The largest absolute Gasteiger partial charge is 0.272 e. The molecule has 120 valence electrons. The van der Waals surface area contributed by atoms with E-state index < -0.39 is 0 Å². The van der Waals surface area contributed by atoms with Gasteiger partial charge in [-0.1, -0.05) is 34.1 Å². The first-order valence-electron chi connectivity index (χ1n) is 8.33. The number of carbonyl (C=O) groups is 1. The molecular formula is C18H26N2OS. The van der Waals surface area contributed by atoms with Crippen molar-refractivity contribution >= 4 is 23.0 Å². The summed E-state index contributed by atoms with van der Waals surface area (Å²) >= 11 is 1.66.